The highest BCUT2D eigenvalue weighted by Crippen LogP contribution is 2.30. The summed E-state index contributed by atoms with van der Waals surface area (Å²) >= 11 is 12.2. The van der Waals surface area contributed by atoms with Gasteiger partial charge in [-0.15, -0.1) is 0 Å². The van der Waals surface area contributed by atoms with Crippen molar-refractivity contribution in [3.05, 3.63) is 68.8 Å². The Morgan fingerprint density at radius 1 is 1.15 bits per heavy atom. The third-order valence-electron chi connectivity index (χ3n) is 4.89. The molecule has 0 aliphatic rings. The first kappa shape index (κ1) is 23.1. The van der Waals surface area contributed by atoms with Crippen LogP contribution in [0, 0.1) is 19.7 Å². The minimum atomic E-state index is -2.70. The number of fused-ring (bicyclic) bond motifs is 1. The molecular formula is C21H17Cl2F3N6O. The van der Waals surface area contributed by atoms with Crippen LogP contribution in [0.15, 0.2) is 30.5 Å². The summed E-state index contributed by atoms with van der Waals surface area (Å²) in [5.41, 5.74) is 1.37. The zero-order valence-electron chi connectivity index (χ0n) is 17.4. The minimum Gasteiger partial charge on any atom is -0.306 e. The molecule has 0 radical (unpaired) electrons. The van der Waals surface area contributed by atoms with E-state index >= 15 is 0 Å². The summed E-state index contributed by atoms with van der Waals surface area (Å²) in [5, 5.41) is 11.7. The quantitative estimate of drug-likeness (QED) is 0.392. The molecule has 0 atom stereocenters. The molecule has 3 aromatic heterocycles. The number of carbonyl (C=O) groups excluding carboxylic acids is 1. The molecule has 0 spiro atoms. The van der Waals surface area contributed by atoms with Gasteiger partial charge in [-0.05, 0) is 37.6 Å². The monoisotopic (exact) mass is 496 g/mol. The van der Waals surface area contributed by atoms with Crippen LogP contribution in [-0.4, -0.2) is 30.5 Å². The third kappa shape index (κ3) is 4.81. The molecule has 0 aliphatic heterocycles. The predicted molar refractivity (Wildman–Crippen MR) is 118 cm³/mol. The Bertz CT molecular complexity index is 1370. The second-order valence-electron chi connectivity index (χ2n) is 7.40. The number of hydrogen-bond acceptors (Lipinski definition) is 4. The van der Waals surface area contributed by atoms with E-state index in [9.17, 15) is 18.0 Å². The van der Waals surface area contributed by atoms with E-state index in [0.29, 0.717) is 17.0 Å². The molecular weight excluding hydrogens is 480 g/mol. The first-order valence-corrected chi connectivity index (χ1v) is 10.5. The van der Waals surface area contributed by atoms with Gasteiger partial charge in [-0.2, -0.15) is 10.2 Å². The molecule has 0 fully saturated rings. The maximum absolute atomic E-state index is 13.5. The van der Waals surface area contributed by atoms with E-state index in [4.69, 9.17) is 23.2 Å². The number of aromatic nitrogens is 5. The zero-order chi connectivity index (χ0) is 23.9. The number of alkyl halides is 2. The summed E-state index contributed by atoms with van der Waals surface area (Å²) in [6, 6.07) is 5.31. The molecule has 7 nitrogen and oxygen atoms in total. The zero-order valence-corrected chi connectivity index (χ0v) is 18.9. The summed E-state index contributed by atoms with van der Waals surface area (Å²) in [5.74, 6) is -0.874. The second kappa shape index (κ2) is 9.03. The van der Waals surface area contributed by atoms with Crippen LogP contribution < -0.4 is 5.32 Å². The molecule has 1 N–H and O–H groups in total. The number of benzene rings is 1. The van der Waals surface area contributed by atoms with Crippen molar-refractivity contribution in [3.8, 4) is 0 Å². The van der Waals surface area contributed by atoms with Crippen LogP contribution in [0.1, 0.15) is 28.9 Å². The standard InChI is InChI=1S/C21H17Cl2F3N6O/c1-10-5-14(19(25)26)18-11(2)29-32(21(18)27-10)9-17(33)28-20-16(23)8-31(30-20)7-12-3-4-13(24)6-15(12)22/h3-6,8,19H,7,9H2,1-2H3,(H,28,30,33). The summed E-state index contributed by atoms with van der Waals surface area (Å²) in [4.78, 5) is 16.9. The Morgan fingerprint density at radius 2 is 1.91 bits per heavy atom. The summed E-state index contributed by atoms with van der Waals surface area (Å²) in [6.07, 6.45) is -1.21. The van der Waals surface area contributed by atoms with Crippen molar-refractivity contribution in [2.45, 2.75) is 33.4 Å². The van der Waals surface area contributed by atoms with Crippen LogP contribution in [0.2, 0.25) is 10.0 Å². The highest BCUT2D eigenvalue weighted by Gasteiger charge is 2.21. The van der Waals surface area contributed by atoms with E-state index < -0.39 is 18.1 Å². The maximum Gasteiger partial charge on any atom is 0.264 e. The van der Waals surface area contributed by atoms with Crippen LogP contribution in [0.3, 0.4) is 0 Å². The van der Waals surface area contributed by atoms with Gasteiger partial charge < -0.3 is 5.32 Å². The molecule has 0 aliphatic carbocycles. The number of hydrogen-bond donors (Lipinski definition) is 1. The average Bonchev–Trinajstić information content (AvgIpc) is 3.22. The molecule has 0 bridgehead atoms. The van der Waals surface area contributed by atoms with Crippen LogP contribution in [0.4, 0.5) is 19.0 Å². The van der Waals surface area contributed by atoms with E-state index in [1.165, 1.54) is 39.8 Å². The van der Waals surface area contributed by atoms with Crippen molar-refractivity contribution in [1.82, 2.24) is 24.5 Å². The van der Waals surface area contributed by atoms with Crippen molar-refractivity contribution >= 4 is 46.0 Å². The van der Waals surface area contributed by atoms with Gasteiger partial charge in [-0.3, -0.25) is 9.48 Å². The molecule has 4 aromatic rings. The van der Waals surface area contributed by atoms with Crippen LogP contribution in [-0.2, 0) is 17.9 Å². The summed E-state index contributed by atoms with van der Waals surface area (Å²) in [7, 11) is 0. The fraction of sp³-hybridized carbons (Fsp3) is 0.238. The maximum atomic E-state index is 13.5. The molecule has 12 heteroatoms. The number of aryl methyl sites for hydroxylation is 2. The van der Waals surface area contributed by atoms with Crippen LogP contribution in [0.25, 0.3) is 11.0 Å². The van der Waals surface area contributed by atoms with Crippen LogP contribution in [0.5, 0.6) is 0 Å². The molecule has 0 unspecified atom stereocenters. The predicted octanol–water partition coefficient (Wildman–Crippen LogP) is 5.32. The van der Waals surface area contributed by atoms with Gasteiger partial charge in [-0.1, -0.05) is 29.3 Å². The lowest BCUT2D eigenvalue weighted by Crippen LogP contribution is -2.20. The van der Waals surface area contributed by atoms with Crippen molar-refractivity contribution in [2.75, 3.05) is 5.32 Å². The van der Waals surface area contributed by atoms with Crippen molar-refractivity contribution in [3.63, 3.8) is 0 Å². The molecule has 4 rings (SSSR count). The smallest absolute Gasteiger partial charge is 0.264 e. The minimum absolute atomic E-state index is 0.102. The molecule has 1 amide bonds. The first-order chi connectivity index (χ1) is 15.6. The number of carbonyl (C=O) groups is 1. The van der Waals surface area contributed by atoms with Gasteiger partial charge in [0.05, 0.1) is 17.6 Å². The van der Waals surface area contributed by atoms with Gasteiger partial charge in [0.1, 0.15) is 17.4 Å². The Morgan fingerprint density at radius 3 is 2.61 bits per heavy atom. The van der Waals surface area contributed by atoms with Gasteiger partial charge in [0.25, 0.3) is 6.43 Å². The van der Waals surface area contributed by atoms with Gasteiger partial charge in [0, 0.05) is 22.5 Å². The lowest BCUT2D eigenvalue weighted by molar-refractivity contribution is -0.116. The largest absolute Gasteiger partial charge is 0.306 e. The number of anilines is 1. The van der Waals surface area contributed by atoms with E-state index in [1.807, 2.05) is 0 Å². The molecule has 1 aromatic carbocycles. The normalized spacial score (nSPS) is 11.5. The van der Waals surface area contributed by atoms with E-state index in [0.717, 1.165) is 0 Å². The van der Waals surface area contributed by atoms with Crippen molar-refractivity contribution < 1.29 is 18.0 Å². The SMILES string of the molecule is Cc1cc(C(F)F)c2c(C)nn(CC(=O)Nc3nn(Cc4ccc(F)cc4Cl)cc3Cl)c2n1. The van der Waals surface area contributed by atoms with Gasteiger partial charge in [-0.25, -0.2) is 22.8 Å². The third-order valence-corrected chi connectivity index (χ3v) is 5.52. The van der Waals surface area contributed by atoms with Crippen molar-refractivity contribution in [1.29, 1.82) is 0 Å². The van der Waals surface area contributed by atoms with E-state index in [1.54, 1.807) is 13.8 Å². The number of nitrogens with zero attached hydrogens (tertiary/aromatic N) is 5. The number of pyridine rings is 1. The van der Waals surface area contributed by atoms with E-state index in [2.05, 4.69) is 20.5 Å². The highest BCUT2D eigenvalue weighted by molar-refractivity contribution is 6.33. The molecule has 33 heavy (non-hydrogen) atoms. The molecule has 0 saturated heterocycles. The molecule has 172 valence electrons. The highest BCUT2D eigenvalue weighted by atomic mass is 35.5. The number of rotatable bonds is 6. The average molecular weight is 497 g/mol. The van der Waals surface area contributed by atoms with Gasteiger partial charge in [0.15, 0.2) is 11.5 Å². The topological polar surface area (TPSA) is 77.6 Å². The lowest BCUT2D eigenvalue weighted by atomic mass is 10.1. The Labute approximate surface area is 196 Å². The molecule has 3 heterocycles. The molecule has 0 saturated carbocycles. The fourth-order valence-electron chi connectivity index (χ4n) is 3.49. The van der Waals surface area contributed by atoms with Crippen LogP contribution >= 0.6 is 23.2 Å². The van der Waals surface area contributed by atoms with E-state index in [-0.39, 0.29) is 45.5 Å². The van der Waals surface area contributed by atoms with Crippen molar-refractivity contribution in [2.24, 2.45) is 0 Å². The Balaban J connectivity index is 1.53. The summed E-state index contributed by atoms with van der Waals surface area (Å²) < 4.78 is 42.9. The number of halogens is 5. The Kier molecular flexibility index (Phi) is 6.31. The fourth-order valence-corrected chi connectivity index (χ4v) is 3.92. The second-order valence-corrected chi connectivity index (χ2v) is 8.22. The van der Waals surface area contributed by atoms with Gasteiger partial charge >= 0.3 is 0 Å². The Hall–Kier alpha value is -3.11. The van der Waals surface area contributed by atoms with Gasteiger partial charge in [0.2, 0.25) is 5.91 Å². The lowest BCUT2D eigenvalue weighted by Gasteiger charge is -2.07. The summed E-state index contributed by atoms with van der Waals surface area (Å²) in [6.45, 7) is 3.10. The first-order valence-electron chi connectivity index (χ1n) is 9.72. The number of nitrogens with one attached hydrogen (secondary N) is 1. The number of amides is 1.